The van der Waals surface area contributed by atoms with Crippen molar-refractivity contribution in [3.05, 3.63) is 48.7 Å². The molecule has 0 amide bonds. The highest BCUT2D eigenvalue weighted by atomic mass is 28.4. The molecule has 0 radical (unpaired) electrons. The molecule has 178 valence electrons. The molecule has 2 aromatic rings. The van der Waals surface area contributed by atoms with Gasteiger partial charge in [0.05, 0.1) is 18.2 Å². The van der Waals surface area contributed by atoms with Crippen LogP contribution in [-0.2, 0) is 13.6 Å². The topological polar surface area (TPSA) is 32.6 Å². The summed E-state index contributed by atoms with van der Waals surface area (Å²) >= 11 is 0. The number of hydrogen-bond acceptors (Lipinski definition) is 3. The van der Waals surface area contributed by atoms with Gasteiger partial charge in [0.25, 0.3) is 0 Å². The van der Waals surface area contributed by atoms with Crippen molar-refractivity contribution in [1.82, 2.24) is 4.57 Å². The summed E-state index contributed by atoms with van der Waals surface area (Å²) in [4.78, 5) is 0. The van der Waals surface area contributed by atoms with E-state index >= 15 is 0 Å². The molecule has 0 unspecified atom stereocenters. The maximum atomic E-state index is 6.81. The molecule has 0 fully saturated rings. The number of para-hydroxylation sites is 1. The van der Waals surface area contributed by atoms with Gasteiger partial charge in [0.15, 0.2) is 22.9 Å². The van der Waals surface area contributed by atoms with E-state index in [1.807, 2.05) is 0 Å². The molecule has 1 aliphatic heterocycles. The summed E-state index contributed by atoms with van der Waals surface area (Å²) in [5.41, 5.74) is 1.18. The maximum Gasteiger partial charge on any atom is 0.193 e. The van der Waals surface area contributed by atoms with Crippen LogP contribution in [0.25, 0.3) is 10.9 Å². The van der Waals surface area contributed by atoms with Gasteiger partial charge in [0, 0.05) is 6.20 Å². The summed E-state index contributed by atoms with van der Waals surface area (Å²) in [7, 11) is -3.86. The van der Waals surface area contributed by atoms with E-state index in [2.05, 4.69) is 121 Å². The van der Waals surface area contributed by atoms with E-state index in [4.69, 9.17) is 13.6 Å². The van der Waals surface area contributed by atoms with E-state index in [1.54, 1.807) is 0 Å². The van der Waals surface area contributed by atoms with Crippen LogP contribution < -0.4 is 0 Å². The Kier molecular flexibility index (Phi) is 7.05. The first kappa shape index (κ1) is 25.4. The van der Waals surface area contributed by atoms with Crippen LogP contribution in [0.5, 0.6) is 0 Å². The molecule has 0 aliphatic carbocycles. The molecular formula is C26H43NO3Si2. The summed E-state index contributed by atoms with van der Waals surface area (Å²) in [6.45, 7) is 23.4. The Morgan fingerprint density at radius 2 is 1.50 bits per heavy atom. The van der Waals surface area contributed by atoms with Crippen LogP contribution in [0.2, 0.25) is 36.3 Å². The van der Waals surface area contributed by atoms with Gasteiger partial charge >= 0.3 is 0 Å². The smallest absolute Gasteiger partial charge is 0.193 e. The third-order valence-electron chi connectivity index (χ3n) is 7.70. The zero-order chi connectivity index (χ0) is 23.9. The molecular weight excluding hydrogens is 430 g/mol. The normalized spacial score (nSPS) is 23.1. The Morgan fingerprint density at radius 3 is 2.12 bits per heavy atom. The number of aromatic nitrogens is 1. The highest BCUT2D eigenvalue weighted by Gasteiger charge is 2.43. The first-order valence-corrected chi connectivity index (χ1v) is 17.7. The maximum absolute atomic E-state index is 6.81. The Hall–Kier alpha value is -1.19. The molecule has 0 spiro atoms. The van der Waals surface area contributed by atoms with Gasteiger partial charge in [-0.1, -0.05) is 65.8 Å². The highest BCUT2D eigenvalue weighted by molar-refractivity contribution is 6.74. The second-order valence-electron chi connectivity index (χ2n) is 12.1. The summed E-state index contributed by atoms with van der Waals surface area (Å²) in [5, 5.41) is 1.51. The third-order valence-corrected chi connectivity index (χ3v) is 16.7. The standard InChI is InChI=1S/C26H43NO3Si2/c1-25(2,3)31(7,8)28-19-23-22(30-32(9,10)26(4,5)6)15-16-24(29-23)27-18-17-20-13-11-12-14-21(20)27/h11-18,22-24H,19H2,1-10H3/t22-,23+,24+/m0/s1. The minimum absolute atomic E-state index is 0.0984. The third kappa shape index (κ3) is 5.31. The Labute approximate surface area is 197 Å². The molecule has 1 aromatic heterocycles. The lowest BCUT2D eigenvalue weighted by atomic mass is 10.1. The molecule has 0 saturated carbocycles. The van der Waals surface area contributed by atoms with E-state index in [0.717, 1.165) is 0 Å². The monoisotopic (exact) mass is 473 g/mol. The van der Waals surface area contributed by atoms with Crippen LogP contribution in [0.3, 0.4) is 0 Å². The lowest BCUT2D eigenvalue weighted by Gasteiger charge is -2.44. The van der Waals surface area contributed by atoms with Crippen LogP contribution in [0.1, 0.15) is 47.8 Å². The fourth-order valence-electron chi connectivity index (χ4n) is 3.39. The largest absolute Gasteiger partial charge is 0.414 e. The number of rotatable bonds is 6. The molecule has 3 atom stereocenters. The second kappa shape index (κ2) is 8.87. The summed E-state index contributed by atoms with van der Waals surface area (Å²) in [6, 6.07) is 10.6. The molecule has 1 aromatic carbocycles. The van der Waals surface area contributed by atoms with Gasteiger partial charge in [0.2, 0.25) is 0 Å². The van der Waals surface area contributed by atoms with Gasteiger partial charge in [-0.15, -0.1) is 0 Å². The fraction of sp³-hybridized carbons (Fsp3) is 0.615. The second-order valence-corrected chi connectivity index (χ2v) is 21.7. The van der Waals surface area contributed by atoms with Crippen molar-refractivity contribution in [1.29, 1.82) is 0 Å². The lowest BCUT2D eigenvalue weighted by molar-refractivity contribution is -0.0959. The Morgan fingerprint density at radius 1 is 0.875 bits per heavy atom. The Bertz CT molecular complexity index is 950. The SMILES string of the molecule is CC(C)(C)[Si](C)(C)OC[C@H]1O[C@@H](n2ccc3ccccc32)C=C[C@@H]1O[Si](C)(C)C(C)(C)C. The van der Waals surface area contributed by atoms with Crippen molar-refractivity contribution < 1.29 is 13.6 Å². The van der Waals surface area contributed by atoms with Crippen LogP contribution in [0.4, 0.5) is 0 Å². The molecule has 4 nitrogen and oxygen atoms in total. The van der Waals surface area contributed by atoms with E-state index in [9.17, 15) is 0 Å². The average Bonchev–Trinajstić information content (AvgIpc) is 3.09. The summed E-state index contributed by atoms with van der Waals surface area (Å²) < 4.78 is 22.3. The zero-order valence-electron chi connectivity index (χ0n) is 21.7. The quantitative estimate of drug-likeness (QED) is 0.321. The van der Waals surface area contributed by atoms with Crippen molar-refractivity contribution in [3.8, 4) is 0 Å². The van der Waals surface area contributed by atoms with Crippen LogP contribution >= 0.6 is 0 Å². The molecule has 0 N–H and O–H groups in total. The molecule has 3 rings (SSSR count). The zero-order valence-corrected chi connectivity index (χ0v) is 23.7. The van der Waals surface area contributed by atoms with Gasteiger partial charge in [-0.25, -0.2) is 0 Å². The molecule has 1 aliphatic rings. The van der Waals surface area contributed by atoms with Crippen LogP contribution in [0.15, 0.2) is 48.7 Å². The van der Waals surface area contributed by atoms with Gasteiger partial charge in [-0.3, -0.25) is 0 Å². The predicted molar refractivity (Wildman–Crippen MR) is 140 cm³/mol. The number of ether oxygens (including phenoxy) is 1. The van der Waals surface area contributed by atoms with E-state index < -0.39 is 16.6 Å². The van der Waals surface area contributed by atoms with Crippen LogP contribution in [0, 0.1) is 0 Å². The molecule has 32 heavy (non-hydrogen) atoms. The first-order valence-electron chi connectivity index (χ1n) is 11.8. The van der Waals surface area contributed by atoms with Crippen molar-refractivity contribution in [3.63, 3.8) is 0 Å². The number of hydrogen-bond donors (Lipinski definition) is 0. The van der Waals surface area contributed by atoms with E-state index in [1.165, 1.54) is 10.9 Å². The molecule has 2 heterocycles. The average molecular weight is 474 g/mol. The lowest BCUT2D eigenvalue weighted by Crippen LogP contribution is -2.51. The van der Waals surface area contributed by atoms with Gasteiger partial charge in [-0.05, 0) is 59.9 Å². The van der Waals surface area contributed by atoms with E-state index in [-0.39, 0.29) is 28.5 Å². The number of fused-ring (bicyclic) bond motifs is 1. The van der Waals surface area contributed by atoms with Gasteiger partial charge in [0.1, 0.15) is 6.10 Å². The first-order chi connectivity index (χ1) is 14.6. The van der Waals surface area contributed by atoms with Gasteiger partial charge in [-0.2, -0.15) is 0 Å². The number of nitrogens with zero attached hydrogens (tertiary/aromatic N) is 1. The highest BCUT2D eigenvalue weighted by Crippen LogP contribution is 2.40. The number of benzene rings is 1. The van der Waals surface area contributed by atoms with E-state index in [0.29, 0.717) is 6.61 Å². The van der Waals surface area contributed by atoms with Crippen LogP contribution in [-0.4, -0.2) is 40.0 Å². The molecule has 0 bridgehead atoms. The summed E-state index contributed by atoms with van der Waals surface area (Å²) in [6.07, 6.45) is 6.06. The molecule has 0 saturated heterocycles. The van der Waals surface area contributed by atoms with Gasteiger partial charge < -0.3 is 18.2 Å². The summed E-state index contributed by atoms with van der Waals surface area (Å²) in [5.74, 6) is 0. The minimum Gasteiger partial charge on any atom is -0.414 e. The fourth-order valence-corrected chi connectivity index (χ4v) is 5.67. The van der Waals surface area contributed by atoms with Crippen molar-refractivity contribution in [2.24, 2.45) is 0 Å². The minimum atomic E-state index is -1.96. The van der Waals surface area contributed by atoms with Crippen molar-refractivity contribution in [2.45, 2.75) is 96.2 Å². The van der Waals surface area contributed by atoms with Crippen molar-refractivity contribution in [2.75, 3.05) is 6.61 Å². The predicted octanol–water partition coefficient (Wildman–Crippen LogP) is 7.51. The van der Waals surface area contributed by atoms with Crippen molar-refractivity contribution >= 4 is 27.5 Å². The molecule has 6 heteroatoms. The Balaban J connectivity index is 1.88.